The molecular weight excluding hydrogens is 703 g/mol. The highest BCUT2D eigenvalue weighted by molar-refractivity contribution is 5.93. The molecule has 1 aliphatic heterocycles. The molecule has 1 aromatic heterocycles. The summed E-state index contributed by atoms with van der Waals surface area (Å²) in [5, 5.41) is 16.2. The summed E-state index contributed by atoms with van der Waals surface area (Å²) in [5.41, 5.74) is 15.1. The van der Waals surface area contributed by atoms with Crippen LogP contribution in [0.5, 0.6) is 5.75 Å². The van der Waals surface area contributed by atoms with E-state index in [9.17, 15) is 23.5 Å². The lowest BCUT2D eigenvalue weighted by atomic mass is 9.87. The lowest BCUT2D eigenvalue weighted by Crippen LogP contribution is -2.56. The first kappa shape index (κ1) is 37.8. The number of carbonyl (C=O) groups is 2. The highest BCUT2D eigenvalue weighted by atomic mass is 19.1. The number of rotatable bonds is 9. The number of likely N-dealkylation sites (tertiary alicyclic amines) is 1. The molecule has 0 bridgehead atoms. The number of aryl methyl sites for hydroxylation is 2. The number of halogens is 2. The Labute approximate surface area is 319 Å². The van der Waals surface area contributed by atoms with Gasteiger partial charge in [0.25, 0.3) is 5.91 Å². The van der Waals surface area contributed by atoms with Gasteiger partial charge in [0.2, 0.25) is 0 Å². The third-order valence-electron chi connectivity index (χ3n) is 11.3. The van der Waals surface area contributed by atoms with Crippen molar-refractivity contribution in [2.75, 3.05) is 25.9 Å². The van der Waals surface area contributed by atoms with E-state index in [0.717, 1.165) is 62.2 Å². The minimum atomic E-state index is -0.944. The van der Waals surface area contributed by atoms with Crippen molar-refractivity contribution in [2.24, 2.45) is 5.92 Å². The number of nitrogens with one attached hydrogen (secondary N) is 1. The number of piperidine rings is 1. The van der Waals surface area contributed by atoms with E-state index in [1.807, 2.05) is 12.1 Å². The first-order valence-corrected chi connectivity index (χ1v) is 19.0. The Morgan fingerprint density at radius 2 is 1.65 bits per heavy atom. The normalized spacial score (nSPS) is 18.1. The molecule has 2 fully saturated rings. The maximum Gasteiger partial charge on any atom is 0.309 e. The van der Waals surface area contributed by atoms with Gasteiger partial charge in [-0.25, -0.2) is 8.78 Å². The largest absolute Gasteiger partial charge is 0.496 e. The zero-order valence-electron chi connectivity index (χ0n) is 30.9. The van der Waals surface area contributed by atoms with E-state index in [1.165, 1.54) is 64.8 Å². The molecule has 0 unspecified atom stereocenters. The van der Waals surface area contributed by atoms with Crippen molar-refractivity contribution in [3.05, 3.63) is 125 Å². The zero-order chi connectivity index (χ0) is 38.5. The van der Waals surface area contributed by atoms with E-state index in [0.29, 0.717) is 19.0 Å². The highest BCUT2D eigenvalue weighted by Gasteiger charge is 2.38. The SMILES string of the molecule is COc1ccccc1CCc1ccc2c(c1N)Cc1ccccc1-2.O=C(N[C@H]1CCN(C2CCCCC2)C[C@@H]1C(=O)O)c1cc(-c2ccc(F)cc2F)on1. The molecule has 9 nitrogen and oxygen atoms in total. The number of nitrogens with two attached hydrogens (primary N) is 1. The number of carboxylic acid groups (broad SMARTS) is 1. The van der Waals surface area contributed by atoms with Crippen LogP contribution in [0.25, 0.3) is 22.5 Å². The Hall–Kier alpha value is -5.55. The molecule has 55 heavy (non-hydrogen) atoms. The van der Waals surface area contributed by atoms with Gasteiger partial charge < -0.3 is 25.4 Å². The number of hydrogen-bond acceptors (Lipinski definition) is 7. The van der Waals surface area contributed by atoms with Crippen LogP contribution in [0.3, 0.4) is 0 Å². The topological polar surface area (TPSA) is 131 Å². The van der Waals surface area contributed by atoms with Crippen molar-refractivity contribution in [3.8, 4) is 28.2 Å². The molecule has 5 aromatic rings. The van der Waals surface area contributed by atoms with Crippen LogP contribution in [0, 0.1) is 17.6 Å². The average Bonchev–Trinajstić information content (AvgIpc) is 3.85. The van der Waals surface area contributed by atoms with Gasteiger partial charge in [0, 0.05) is 49.4 Å². The minimum absolute atomic E-state index is 0.00967. The maximum absolute atomic E-state index is 14.0. The van der Waals surface area contributed by atoms with Gasteiger partial charge in [-0.3, -0.25) is 14.5 Å². The second-order valence-electron chi connectivity index (χ2n) is 14.6. The average molecular weight is 749 g/mol. The summed E-state index contributed by atoms with van der Waals surface area (Å²) < 4.78 is 37.6. The number of aromatic nitrogens is 1. The number of nitrogen functional groups attached to an aromatic ring is 1. The molecule has 4 aromatic carbocycles. The van der Waals surface area contributed by atoms with E-state index in [4.69, 9.17) is 15.0 Å². The summed E-state index contributed by atoms with van der Waals surface area (Å²) in [4.78, 5) is 26.8. The molecular formula is C44H46F2N4O5. The summed E-state index contributed by atoms with van der Waals surface area (Å²) in [7, 11) is 1.72. The van der Waals surface area contributed by atoms with Gasteiger partial charge in [0.1, 0.15) is 17.4 Å². The molecule has 0 spiro atoms. The number of para-hydroxylation sites is 1. The van der Waals surface area contributed by atoms with Crippen molar-refractivity contribution in [3.63, 3.8) is 0 Å². The highest BCUT2D eigenvalue weighted by Crippen LogP contribution is 2.41. The quantitative estimate of drug-likeness (QED) is 0.127. The second-order valence-corrected chi connectivity index (χ2v) is 14.6. The first-order chi connectivity index (χ1) is 26.7. The van der Waals surface area contributed by atoms with E-state index in [2.05, 4.69) is 63.9 Å². The van der Waals surface area contributed by atoms with Crippen LogP contribution in [0.15, 0.2) is 89.5 Å². The number of fused-ring (bicyclic) bond motifs is 3. The molecule has 2 atom stereocenters. The zero-order valence-corrected chi connectivity index (χ0v) is 30.9. The Morgan fingerprint density at radius 3 is 2.44 bits per heavy atom. The van der Waals surface area contributed by atoms with Crippen LogP contribution in [-0.2, 0) is 24.1 Å². The Kier molecular flexibility index (Phi) is 11.6. The van der Waals surface area contributed by atoms with Crippen molar-refractivity contribution >= 4 is 17.6 Å². The van der Waals surface area contributed by atoms with E-state index >= 15 is 0 Å². The van der Waals surface area contributed by atoms with Crippen molar-refractivity contribution in [1.29, 1.82) is 0 Å². The number of aliphatic carboxylic acids is 1. The van der Waals surface area contributed by atoms with Gasteiger partial charge in [-0.05, 0) is 83.7 Å². The van der Waals surface area contributed by atoms with Crippen molar-refractivity contribution in [1.82, 2.24) is 15.4 Å². The summed E-state index contributed by atoms with van der Waals surface area (Å²) >= 11 is 0. The minimum Gasteiger partial charge on any atom is -0.496 e. The Bertz CT molecular complexity index is 2160. The third kappa shape index (κ3) is 8.42. The van der Waals surface area contributed by atoms with Gasteiger partial charge in [-0.2, -0.15) is 0 Å². The predicted octanol–water partition coefficient (Wildman–Crippen LogP) is 8.09. The fourth-order valence-electron chi connectivity index (χ4n) is 8.30. The molecule has 286 valence electrons. The molecule has 11 heteroatoms. The van der Waals surface area contributed by atoms with E-state index in [-0.39, 0.29) is 17.0 Å². The number of carboxylic acids is 1. The number of hydrogen-bond donors (Lipinski definition) is 3. The number of nitrogens with zero attached hydrogens (tertiary/aromatic N) is 2. The van der Waals surface area contributed by atoms with E-state index < -0.39 is 35.5 Å². The number of amides is 1. The third-order valence-corrected chi connectivity index (χ3v) is 11.3. The van der Waals surface area contributed by atoms with Gasteiger partial charge in [-0.15, -0.1) is 0 Å². The lowest BCUT2D eigenvalue weighted by molar-refractivity contribution is -0.145. The molecule has 1 saturated heterocycles. The maximum atomic E-state index is 14.0. The molecule has 1 amide bonds. The van der Waals surface area contributed by atoms with Crippen LogP contribution >= 0.6 is 0 Å². The molecule has 3 aliphatic rings. The van der Waals surface area contributed by atoms with Crippen LogP contribution in [-0.4, -0.2) is 59.3 Å². The standard InChI is InChI=1S/C22H25F2N3O4.C22H21NO/c23-13-6-7-15(17(24)10-13)20-11-19(26-31-20)21(28)25-18-8-9-27(12-16(18)22(29)30)14-4-2-1-3-5-14;1-24-21-9-5-3-6-15(21)10-11-16-12-13-19-18-8-4-2-7-17(18)14-20(19)22(16)23/h6-7,10-11,14,16,18H,1-5,8-9,12H2,(H,25,28)(H,29,30);2-9,12-13H,10-11,14,23H2,1H3/t16-,18-;/m0./s1. The smallest absolute Gasteiger partial charge is 0.309 e. The van der Waals surface area contributed by atoms with Gasteiger partial charge in [0.15, 0.2) is 11.5 Å². The monoisotopic (exact) mass is 748 g/mol. The molecule has 2 heterocycles. The van der Waals surface area contributed by atoms with E-state index in [1.54, 1.807) is 7.11 Å². The number of anilines is 1. The molecule has 8 rings (SSSR count). The Morgan fingerprint density at radius 1 is 0.909 bits per heavy atom. The van der Waals surface area contributed by atoms with Crippen LogP contribution < -0.4 is 15.8 Å². The molecule has 4 N–H and O–H groups in total. The molecule has 2 aliphatic carbocycles. The fourth-order valence-corrected chi connectivity index (χ4v) is 8.30. The number of methoxy groups -OCH3 is 1. The summed E-state index contributed by atoms with van der Waals surface area (Å²) in [6.45, 7) is 1.13. The number of benzene rings is 4. The van der Waals surface area contributed by atoms with Crippen molar-refractivity contribution in [2.45, 2.75) is 69.9 Å². The molecule has 1 saturated carbocycles. The fraction of sp³-hybridized carbons (Fsp3) is 0.341. The second kappa shape index (κ2) is 16.9. The number of ether oxygens (including phenoxy) is 1. The Balaban J connectivity index is 0.000000174. The first-order valence-electron chi connectivity index (χ1n) is 19.0. The molecule has 0 radical (unpaired) electrons. The number of carbonyl (C=O) groups excluding carboxylic acids is 1. The summed E-state index contributed by atoms with van der Waals surface area (Å²) in [5.74, 6) is -2.86. The van der Waals surface area contributed by atoms with Crippen molar-refractivity contribution < 1.29 is 32.7 Å². The van der Waals surface area contributed by atoms with Gasteiger partial charge in [-0.1, -0.05) is 79.0 Å². The van der Waals surface area contributed by atoms with Crippen LogP contribution in [0.1, 0.15) is 71.3 Å². The van der Waals surface area contributed by atoms with Gasteiger partial charge in [0.05, 0.1) is 18.6 Å². The summed E-state index contributed by atoms with van der Waals surface area (Å²) in [6.07, 6.45) is 9.07. The van der Waals surface area contributed by atoms with Crippen LogP contribution in [0.4, 0.5) is 14.5 Å². The predicted molar refractivity (Wildman–Crippen MR) is 207 cm³/mol. The van der Waals surface area contributed by atoms with Crippen LogP contribution in [0.2, 0.25) is 0 Å². The summed E-state index contributed by atoms with van der Waals surface area (Å²) in [6, 6.07) is 25.3. The lowest BCUT2D eigenvalue weighted by Gasteiger charge is -2.42. The van der Waals surface area contributed by atoms with Gasteiger partial charge >= 0.3 is 5.97 Å².